The van der Waals surface area contributed by atoms with Crippen LogP contribution < -0.4 is 4.74 Å². The van der Waals surface area contributed by atoms with Crippen molar-refractivity contribution in [2.24, 2.45) is 5.92 Å². The fraction of sp³-hybridized carbons (Fsp3) is 0.270. The molecule has 0 saturated carbocycles. The fourth-order valence-electron chi connectivity index (χ4n) is 7.54. The number of hydrogen-bond donors (Lipinski definition) is 0. The lowest BCUT2D eigenvalue weighted by molar-refractivity contribution is 0.400. The van der Waals surface area contributed by atoms with Crippen LogP contribution in [0.15, 0.2) is 78.1 Å². The maximum Gasteiger partial charge on any atom is 0.134 e. The molecule has 0 N–H and O–H groups in total. The highest BCUT2D eigenvalue weighted by Crippen LogP contribution is 2.58. The predicted molar refractivity (Wildman–Crippen MR) is 161 cm³/mol. The Hall–Kier alpha value is -3.91. The minimum atomic E-state index is -0.116. The van der Waals surface area contributed by atoms with Gasteiger partial charge in [0.25, 0.3) is 0 Å². The van der Waals surface area contributed by atoms with Crippen LogP contribution in [0.4, 0.5) is 0 Å². The van der Waals surface area contributed by atoms with E-state index in [-0.39, 0.29) is 5.41 Å². The lowest BCUT2D eigenvalue weighted by atomic mass is 9.77. The number of benzene rings is 2. The number of rotatable bonds is 1. The van der Waals surface area contributed by atoms with Crippen molar-refractivity contribution in [3.8, 4) is 5.75 Å². The van der Waals surface area contributed by atoms with E-state index in [4.69, 9.17) is 9.72 Å². The molecule has 0 saturated heterocycles. The molecule has 3 aromatic rings. The van der Waals surface area contributed by atoms with E-state index in [0.29, 0.717) is 5.92 Å². The maximum absolute atomic E-state index is 6.76. The summed E-state index contributed by atoms with van der Waals surface area (Å²) in [5.41, 5.74) is 15.8. The van der Waals surface area contributed by atoms with Gasteiger partial charge in [-0.15, -0.1) is 0 Å². The summed E-state index contributed by atoms with van der Waals surface area (Å²) in [6.45, 7) is 7.04. The standard InChI is InChI=1S/C37H33NO/c1-22-16-18-31-28(20-22)24-10-4-5-11-25(24)36(38-31)23-17-19-33-29(21-23)34-26-12-6-8-14-30(26)37(2,3)35(34)27-13-7-9-15-32(27)39-33/h4,6-10,12-16,18,21-22H,5,11,17,19-20H2,1-3H3. The molecule has 1 unspecified atom stereocenters. The molecule has 2 aromatic carbocycles. The third-order valence-corrected chi connectivity index (χ3v) is 9.38. The maximum atomic E-state index is 6.76. The van der Waals surface area contributed by atoms with Gasteiger partial charge in [-0.1, -0.05) is 81.5 Å². The van der Waals surface area contributed by atoms with E-state index in [0.717, 1.165) is 49.3 Å². The summed E-state index contributed by atoms with van der Waals surface area (Å²) in [6.07, 6.45) is 16.8. The number of pyridine rings is 1. The van der Waals surface area contributed by atoms with Crippen molar-refractivity contribution in [1.82, 2.24) is 4.98 Å². The quantitative estimate of drug-likeness (QED) is 0.328. The molecule has 0 radical (unpaired) electrons. The zero-order valence-corrected chi connectivity index (χ0v) is 23.0. The summed E-state index contributed by atoms with van der Waals surface area (Å²) in [5, 5.41) is 0. The largest absolute Gasteiger partial charge is 0.460 e. The second-order valence-corrected chi connectivity index (χ2v) is 12.2. The topological polar surface area (TPSA) is 22.1 Å². The van der Waals surface area contributed by atoms with Crippen LogP contribution in [0, 0.1) is 5.92 Å². The Morgan fingerprint density at radius 2 is 1.72 bits per heavy atom. The Morgan fingerprint density at radius 1 is 0.897 bits per heavy atom. The monoisotopic (exact) mass is 507 g/mol. The zero-order chi connectivity index (χ0) is 26.3. The van der Waals surface area contributed by atoms with Gasteiger partial charge >= 0.3 is 0 Å². The SMILES string of the molecule is CC1C=Cc2nc(C3=CC4=C(CC3)Oc3ccccc3C3=C4c4ccccc4C3(C)C)c3c(c2C1)C=CCC3. The lowest BCUT2D eigenvalue weighted by Gasteiger charge is -2.27. The zero-order valence-electron chi connectivity index (χ0n) is 23.0. The van der Waals surface area contributed by atoms with Crippen LogP contribution in [0.5, 0.6) is 5.75 Å². The van der Waals surface area contributed by atoms with E-state index >= 15 is 0 Å². The molecule has 192 valence electrons. The Labute approximate surface area is 231 Å². The van der Waals surface area contributed by atoms with E-state index in [1.165, 1.54) is 61.4 Å². The molecule has 4 aliphatic carbocycles. The van der Waals surface area contributed by atoms with Crippen molar-refractivity contribution in [2.45, 2.75) is 58.3 Å². The van der Waals surface area contributed by atoms with Gasteiger partial charge < -0.3 is 4.74 Å². The van der Waals surface area contributed by atoms with Crippen LogP contribution in [-0.4, -0.2) is 4.98 Å². The summed E-state index contributed by atoms with van der Waals surface area (Å²) in [4.78, 5) is 5.38. The summed E-state index contributed by atoms with van der Waals surface area (Å²) >= 11 is 0. The average Bonchev–Trinajstić information content (AvgIpc) is 3.09. The second kappa shape index (κ2) is 8.29. The molecule has 0 spiro atoms. The smallest absolute Gasteiger partial charge is 0.134 e. The van der Waals surface area contributed by atoms with Gasteiger partial charge in [0.15, 0.2) is 0 Å². The van der Waals surface area contributed by atoms with E-state index in [1.54, 1.807) is 0 Å². The van der Waals surface area contributed by atoms with Crippen LogP contribution >= 0.6 is 0 Å². The summed E-state index contributed by atoms with van der Waals surface area (Å²) in [5.74, 6) is 2.62. The van der Waals surface area contributed by atoms with Crippen LogP contribution in [0.25, 0.3) is 28.9 Å². The molecule has 1 aliphatic heterocycles. The molecule has 2 heterocycles. The van der Waals surface area contributed by atoms with Gasteiger partial charge in [-0.25, -0.2) is 4.98 Å². The molecule has 8 rings (SSSR count). The minimum Gasteiger partial charge on any atom is -0.460 e. The lowest BCUT2D eigenvalue weighted by Crippen LogP contribution is -2.16. The number of nitrogens with zero attached hydrogens (tertiary/aromatic N) is 1. The number of allylic oxidation sites excluding steroid dienone is 8. The highest BCUT2D eigenvalue weighted by Gasteiger charge is 2.43. The first-order valence-electron chi connectivity index (χ1n) is 14.5. The third-order valence-electron chi connectivity index (χ3n) is 9.38. The average molecular weight is 508 g/mol. The molecule has 0 amide bonds. The number of ether oxygens (including phenoxy) is 1. The molecule has 5 aliphatic rings. The van der Waals surface area contributed by atoms with Gasteiger partial charge in [0.2, 0.25) is 0 Å². The van der Waals surface area contributed by atoms with Crippen LogP contribution in [-0.2, 0) is 18.3 Å². The van der Waals surface area contributed by atoms with E-state index in [9.17, 15) is 0 Å². The van der Waals surface area contributed by atoms with Crippen molar-refractivity contribution in [3.05, 3.63) is 123 Å². The molecular weight excluding hydrogens is 474 g/mol. The molecule has 0 bridgehead atoms. The van der Waals surface area contributed by atoms with Crippen LogP contribution in [0.2, 0.25) is 0 Å². The summed E-state index contributed by atoms with van der Waals surface area (Å²) in [6, 6.07) is 17.6. The molecule has 1 aromatic heterocycles. The molecule has 1 atom stereocenters. The number of fused-ring (bicyclic) bond motifs is 8. The Balaban J connectivity index is 1.37. The van der Waals surface area contributed by atoms with Gasteiger partial charge in [-0.05, 0) is 94.4 Å². The van der Waals surface area contributed by atoms with Crippen molar-refractivity contribution in [3.63, 3.8) is 0 Å². The Bertz CT molecular complexity index is 1740. The summed E-state index contributed by atoms with van der Waals surface area (Å²) < 4.78 is 6.76. The predicted octanol–water partition coefficient (Wildman–Crippen LogP) is 8.97. The Morgan fingerprint density at radius 3 is 2.62 bits per heavy atom. The van der Waals surface area contributed by atoms with Gasteiger partial charge in [0.1, 0.15) is 11.5 Å². The number of para-hydroxylation sites is 1. The van der Waals surface area contributed by atoms with Crippen LogP contribution in [0.3, 0.4) is 0 Å². The first-order chi connectivity index (χ1) is 19.0. The highest BCUT2D eigenvalue weighted by molar-refractivity contribution is 6.10. The van der Waals surface area contributed by atoms with Crippen molar-refractivity contribution >= 4 is 28.9 Å². The van der Waals surface area contributed by atoms with E-state index in [2.05, 4.69) is 99.7 Å². The minimum absolute atomic E-state index is 0.116. The van der Waals surface area contributed by atoms with Gasteiger partial charge in [0, 0.05) is 23.0 Å². The van der Waals surface area contributed by atoms with E-state index < -0.39 is 0 Å². The van der Waals surface area contributed by atoms with Gasteiger partial charge in [-0.2, -0.15) is 0 Å². The number of aromatic nitrogens is 1. The van der Waals surface area contributed by atoms with Crippen LogP contribution in [0.1, 0.15) is 84.8 Å². The first kappa shape index (κ1) is 23.0. The van der Waals surface area contributed by atoms with Gasteiger partial charge in [-0.3, -0.25) is 0 Å². The normalized spacial score (nSPS) is 21.6. The van der Waals surface area contributed by atoms with Crippen molar-refractivity contribution < 1.29 is 4.74 Å². The number of hydrogen-bond acceptors (Lipinski definition) is 2. The Kier molecular flexibility index (Phi) is 4.89. The second-order valence-electron chi connectivity index (χ2n) is 12.2. The van der Waals surface area contributed by atoms with E-state index in [1.807, 2.05) is 0 Å². The van der Waals surface area contributed by atoms with Gasteiger partial charge in [0.05, 0.1) is 11.4 Å². The molecule has 0 fully saturated rings. The van der Waals surface area contributed by atoms with Crippen molar-refractivity contribution in [1.29, 1.82) is 0 Å². The first-order valence-corrected chi connectivity index (χ1v) is 14.5. The molecule has 2 nitrogen and oxygen atoms in total. The van der Waals surface area contributed by atoms with Crippen molar-refractivity contribution in [2.75, 3.05) is 0 Å². The fourth-order valence-corrected chi connectivity index (χ4v) is 7.54. The summed E-state index contributed by atoms with van der Waals surface area (Å²) in [7, 11) is 0. The highest BCUT2D eigenvalue weighted by atomic mass is 16.5. The molecule has 39 heavy (non-hydrogen) atoms. The third kappa shape index (κ3) is 3.30. The molecule has 2 heteroatoms. The molecular formula is C37H33NO.